The van der Waals surface area contributed by atoms with Crippen LogP contribution in [0.2, 0.25) is 5.02 Å². The van der Waals surface area contributed by atoms with Gasteiger partial charge in [0.05, 0.1) is 10.7 Å². The molecule has 27 heavy (non-hydrogen) atoms. The van der Waals surface area contributed by atoms with Crippen molar-refractivity contribution in [1.29, 1.82) is 0 Å². The summed E-state index contributed by atoms with van der Waals surface area (Å²) in [4.78, 5) is 36.7. The number of nitrogens with one attached hydrogen (secondary N) is 1. The molecule has 138 valence electrons. The minimum atomic E-state index is -0.736. The van der Waals surface area contributed by atoms with E-state index in [-0.39, 0.29) is 6.54 Å². The van der Waals surface area contributed by atoms with E-state index in [1.165, 1.54) is 17.0 Å². The third kappa shape index (κ3) is 4.74. The van der Waals surface area contributed by atoms with Gasteiger partial charge in [-0.1, -0.05) is 54.1 Å². The van der Waals surface area contributed by atoms with E-state index in [9.17, 15) is 14.4 Å². The number of carbonyl (C=O) groups excluding carboxylic acids is 1. The first-order valence-corrected chi connectivity index (χ1v) is 8.80. The largest absolute Gasteiger partial charge is 0.323 e. The van der Waals surface area contributed by atoms with Crippen molar-refractivity contribution in [2.45, 2.75) is 19.5 Å². The summed E-state index contributed by atoms with van der Waals surface area (Å²) in [5, 5.41) is 3.02. The maximum absolute atomic E-state index is 12.3. The quantitative estimate of drug-likeness (QED) is 0.665. The Morgan fingerprint density at radius 1 is 0.889 bits per heavy atom. The number of carbonyl (C=O) groups is 1. The number of amides is 1. The topological polar surface area (TPSA) is 73.1 Å². The van der Waals surface area contributed by atoms with Crippen LogP contribution in [0.3, 0.4) is 0 Å². The number of hydrogen-bond donors (Lipinski definition) is 1. The second kappa shape index (κ2) is 8.51. The summed E-state index contributed by atoms with van der Waals surface area (Å²) in [6.45, 7) is 0.129. The molecule has 0 spiro atoms. The van der Waals surface area contributed by atoms with Gasteiger partial charge in [0.15, 0.2) is 0 Å². The van der Waals surface area contributed by atoms with Gasteiger partial charge in [0.2, 0.25) is 5.91 Å². The Balaban J connectivity index is 1.69. The molecule has 0 aliphatic heterocycles. The third-order valence-electron chi connectivity index (χ3n) is 4.08. The van der Waals surface area contributed by atoms with E-state index in [0.29, 0.717) is 23.7 Å². The fourth-order valence-corrected chi connectivity index (χ4v) is 2.83. The fourth-order valence-electron chi connectivity index (χ4n) is 2.64. The van der Waals surface area contributed by atoms with Gasteiger partial charge in [0, 0.05) is 18.9 Å². The molecule has 0 aliphatic rings. The lowest BCUT2D eigenvalue weighted by atomic mass is 10.1. The Morgan fingerprint density at radius 3 is 2.26 bits per heavy atom. The monoisotopic (exact) mass is 383 g/mol. The highest BCUT2D eigenvalue weighted by Crippen LogP contribution is 2.20. The molecule has 0 saturated heterocycles. The molecule has 1 N–H and O–H groups in total. The van der Waals surface area contributed by atoms with Gasteiger partial charge in [-0.25, -0.2) is 0 Å². The first-order valence-electron chi connectivity index (χ1n) is 8.43. The van der Waals surface area contributed by atoms with Gasteiger partial charge in [-0.3, -0.25) is 19.0 Å². The van der Waals surface area contributed by atoms with Crippen molar-refractivity contribution in [3.05, 3.63) is 98.3 Å². The highest BCUT2D eigenvalue weighted by Gasteiger charge is 2.10. The minimum absolute atomic E-state index is 0.265. The number of aromatic nitrogens is 2. The van der Waals surface area contributed by atoms with E-state index in [4.69, 9.17) is 11.6 Å². The van der Waals surface area contributed by atoms with Crippen LogP contribution in [-0.4, -0.2) is 15.0 Å². The van der Waals surface area contributed by atoms with Crippen molar-refractivity contribution in [3.8, 4) is 0 Å². The van der Waals surface area contributed by atoms with Gasteiger partial charge in [-0.05, 0) is 24.1 Å². The summed E-state index contributed by atoms with van der Waals surface area (Å²) in [6.07, 6.45) is 3.60. The Bertz CT molecular complexity index is 1060. The van der Waals surface area contributed by atoms with Crippen LogP contribution in [0, 0.1) is 0 Å². The summed E-state index contributed by atoms with van der Waals surface area (Å²) in [5.41, 5.74) is 0.139. The SMILES string of the molecule is O=C(Cn1ccn(CCc2ccccc2)c(=O)c1=O)Nc1ccccc1Cl. The molecule has 1 heterocycles. The number of anilines is 1. The van der Waals surface area contributed by atoms with E-state index in [1.807, 2.05) is 30.3 Å². The predicted molar refractivity (Wildman–Crippen MR) is 105 cm³/mol. The van der Waals surface area contributed by atoms with Crippen LogP contribution in [0.25, 0.3) is 0 Å². The van der Waals surface area contributed by atoms with Gasteiger partial charge in [0.1, 0.15) is 6.54 Å². The van der Waals surface area contributed by atoms with Crippen molar-refractivity contribution in [1.82, 2.24) is 9.13 Å². The Hall–Kier alpha value is -3.12. The van der Waals surface area contributed by atoms with Gasteiger partial charge < -0.3 is 9.88 Å². The van der Waals surface area contributed by atoms with Crippen molar-refractivity contribution in [2.75, 3.05) is 5.32 Å². The number of hydrogen-bond acceptors (Lipinski definition) is 3. The fraction of sp³-hybridized carbons (Fsp3) is 0.150. The van der Waals surface area contributed by atoms with E-state index in [1.54, 1.807) is 24.3 Å². The summed E-state index contributed by atoms with van der Waals surface area (Å²) in [5.74, 6) is -0.438. The molecule has 0 unspecified atom stereocenters. The second-order valence-electron chi connectivity index (χ2n) is 5.99. The van der Waals surface area contributed by atoms with Crippen molar-refractivity contribution in [3.63, 3.8) is 0 Å². The van der Waals surface area contributed by atoms with E-state index in [0.717, 1.165) is 10.1 Å². The van der Waals surface area contributed by atoms with Crippen LogP contribution in [-0.2, 0) is 24.3 Å². The number of nitrogens with zero attached hydrogens (tertiary/aromatic N) is 2. The minimum Gasteiger partial charge on any atom is -0.323 e. The maximum Gasteiger partial charge on any atom is 0.316 e. The zero-order valence-corrected chi connectivity index (χ0v) is 15.2. The summed E-state index contributed by atoms with van der Waals surface area (Å²) < 4.78 is 2.45. The average Bonchev–Trinajstić information content (AvgIpc) is 2.67. The number of benzene rings is 2. The van der Waals surface area contributed by atoms with Crippen molar-refractivity contribution < 1.29 is 4.79 Å². The van der Waals surface area contributed by atoms with E-state index >= 15 is 0 Å². The molecule has 0 fully saturated rings. The van der Waals surface area contributed by atoms with E-state index in [2.05, 4.69) is 5.32 Å². The van der Waals surface area contributed by atoms with Gasteiger partial charge >= 0.3 is 11.1 Å². The molecule has 7 heteroatoms. The average molecular weight is 384 g/mol. The zero-order chi connectivity index (χ0) is 19.2. The summed E-state index contributed by atoms with van der Waals surface area (Å²) >= 11 is 6.00. The molecule has 0 radical (unpaired) electrons. The van der Waals surface area contributed by atoms with Gasteiger partial charge in [-0.15, -0.1) is 0 Å². The lowest BCUT2D eigenvalue weighted by Gasteiger charge is -2.10. The van der Waals surface area contributed by atoms with Crippen LogP contribution in [0.1, 0.15) is 5.56 Å². The normalized spacial score (nSPS) is 10.6. The molecule has 3 aromatic rings. The molecule has 2 aromatic carbocycles. The first-order chi connectivity index (χ1) is 13.0. The van der Waals surface area contributed by atoms with Crippen molar-refractivity contribution in [2.24, 2.45) is 0 Å². The molecular formula is C20H18ClN3O3. The van der Waals surface area contributed by atoms with Gasteiger partial charge in [0.25, 0.3) is 0 Å². The molecule has 0 saturated carbocycles. The lowest BCUT2D eigenvalue weighted by molar-refractivity contribution is -0.116. The third-order valence-corrected chi connectivity index (χ3v) is 4.41. The smallest absolute Gasteiger partial charge is 0.316 e. The standard InChI is InChI=1S/C20H18ClN3O3/c21-16-8-4-5-9-17(16)22-18(25)14-24-13-12-23(19(26)20(24)27)11-10-15-6-2-1-3-7-15/h1-9,12-13H,10-11,14H2,(H,22,25). The Morgan fingerprint density at radius 2 is 1.52 bits per heavy atom. The number of aryl methyl sites for hydroxylation is 2. The maximum atomic E-state index is 12.3. The molecule has 0 aliphatic carbocycles. The molecule has 1 aromatic heterocycles. The molecule has 6 nitrogen and oxygen atoms in total. The highest BCUT2D eigenvalue weighted by molar-refractivity contribution is 6.33. The molecule has 3 rings (SSSR count). The Kier molecular flexibility index (Phi) is 5.88. The first kappa shape index (κ1) is 18.7. The van der Waals surface area contributed by atoms with Crippen LogP contribution in [0.15, 0.2) is 76.6 Å². The van der Waals surface area contributed by atoms with E-state index < -0.39 is 17.0 Å². The zero-order valence-electron chi connectivity index (χ0n) is 14.5. The van der Waals surface area contributed by atoms with Crippen molar-refractivity contribution >= 4 is 23.2 Å². The number of halogens is 1. The number of rotatable bonds is 6. The number of para-hydroxylation sites is 1. The van der Waals surface area contributed by atoms with Crippen LogP contribution < -0.4 is 16.4 Å². The predicted octanol–water partition coefficient (Wildman–Crippen LogP) is 2.54. The van der Waals surface area contributed by atoms with Crippen LogP contribution in [0.4, 0.5) is 5.69 Å². The molecular weight excluding hydrogens is 366 g/mol. The summed E-state index contributed by atoms with van der Waals surface area (Å²) in [6, 6.07) is 16.5. The molecule has 0 atom stereocenters. The molecule has 0 bridgehead atoms. The van der Waals surface area contributed by atoms with Crippen LogP contribution >= 0.6 is 11.6 Å². The Labute approximate surface area is 160 Å². The summed E-state index contributed by atoms with van der Waals surface area (Å²) in [7, 11) is 0. The second-order valence-corrected chi connectivity index (χ2v) is 6.40. The molecule has 1 amide bonds. The van der Waals surface area contributed by atoms with Crippen LogP contribution in [0.5, 0.6) is 0 Å². The lowest BCUT2D eigenvalue weighted by Crippen LogP contribution is -2.42. The highest BCUT2D eigenvalue weighted by atomic mass is 35.5. The van der Waals surface area contributed by atoms with Gasteiger partial charge in [-0.2, -0.15) is 0 Å².